The molecular weight excluding hydrogens is 312 g/mol. The molecule has 130 valence electrons. The summed E-state index contributed by atoms with van der Waals surface area (Å²) in [5, 5.41) is 13.3. The number of rotatable bonds is 5. The van der Waals surface area contributed by atoms with Crippen LogP contribution < -0.4 is 5.32 Å². The molecule has 0 bridgehead atoms. The molecule has 1 aromatic heterocycles. The third-order valence-electron chi connectivity index (χ3n) is 4.48. The Morgan fingerprint density at radius 1 is 1.25 bits per heavy atom. The van der Waals surface area contributed by atoms with E-state index in [9.17, 15) is 13.9 Å². The van der Waals surface area contributed by atoms with Gasteiger partial charge in [-0.05, 0) is 44.9 Å². The monoisotopic (exact) mass is 335 g/mol. The molecule has 6 heteroatoms. The minimum absolute atomic E-state index is 0.157. The Morgan fingerprint density at radius 3 is 2.75 bits per heavy atom. The van der Waals surface area contributed by atoms with Crippen LogP contribution in [-0.2, 0) is 0 Å². The molecule has 0 spiro atoms. The van der Waals surface area contributed by atoms with Crippen molar-refractivity contribution in [2.24, 2.45) is 0 Å². The second-order valence-electron chi connectivity index (χ2n) is 6.45. The van der Waals surface area contributed by atoms with Crippen LogP contribution in [-0.4, -0.2) is 47.3 Å². The van der Waals surface area contributed by atoms with E-state index < -0.39 is 11.6 Å². The van der Waals surface area contributed by atoms with Gasteiger partial charge in [-0.15, -0.1) is 0 Å². The Kier molecular flexibility index (Phi) is 5.26. The van der Waals surface area contributed by atoms with Crippen LogP contribution in [0.3, 0.4) is 0 Å². The van der Waals surface area contributed by atoms with E-state index in [0.29, 0.717) is 16.8 Å². The lowest BCUT2D eigenvalue weighted by Gasteiger charge is -2.29. The molecule has 2 aromatic rings. The summed E-state index contributed by atoms with van der Waals surface area (Å²) in [5.74, 6) is -1.23. The van der Waals surface area contributed by atoms with Gasteiger partial charge < -0.3 is 15.3 Å². The van der Waals surface area contributed by atoms with Gasteiger partial charge in [-0.1, -0.05) is 0 Å². The number of pyridine rings is 1. The van der Waals surface area contributed by atoms with E-state index in [2.05, 4.69) is 15.2 Å². The molecule has 0 atom stereocenters. The molecule has 1 aliphatic heterocycles. The normalized spacial score (nSPS) is 16.7. The van der Waals surface area contributed by atoms with Gasteiger partial charge in [0.1, 0.15) is 11.3 Å². The Balaban J connectivity index is 1.63. The maximum absolute atomic E-state index is 13.9. The molecular formula is C18H23F2N3O. The van der Waals surface area contributed by atoms with Crippen molar-refractivity contribution in [3.63, 3.8) is 0 Å². The van der Waals surface area contributed by atoms with E-state index in [4.69, 9.17) is 0 Å². The van der Waals surface area contributed by atoms with Crippen LogP contribution in [0.15, 0.2) is 18.2 Å². The number of piperidine rings is 1. The van der Waals surface area contributed by atoms with E-state index in [1.807, 2.05) is 6.07 Å². The summed E-state index contributed by atoms with van der Waals surface area (Å²) in [6.07, 6.45) is 2.44. The van der Waals surface area contributed by atoms with Crippen LogP contribution >= 0.6 is 0 Å². The van der Waals surface area contributed by atoms with E-state index in [1.54, 1.807) is 6.92 Å². The highest BCUT2D eigenvalue weighted by molar-refractivity contribution is 5.91. The van der Waals surface area contributed by atoms with Gasteiger partial charge >= 0.3 is 0 Å². The molecule has 0 saturated carbocycles. The minimum atomic E-state index is -0.636. The molecule has 2 N–H and O–H groups in total. The van der Waals surface area contributed by atoms with Gasteiger partial charge in [-0.25, -0.2) is 13.8 Å². The summed E-state index contributed by atoms with van der Waals surface area (Å²) in [6.45, 7) is 5.32. The number of halogens is 2. The van der Waals surface area contributed by atoms with Crippen molar-refractivity contribution in [1.82, 2.24) is 9.88 Å². The number of nitrogens with zero attached hydrogens (tertiary/aromatic N) is 2. The molecule has 0 aliphatic carbocycles. The number of hydrogen-bond acceptors (Lipinski definition) is 4. The highest BCUT2D eigenvalue weighted by atomic mass is 19.1. The standard InChI is InChI=1S/C18H23F2N3O/c1-12-9-17(15-10-13(19)11-16(20)18(15)22-12)21-5-2-6-23-7-3-14(24)4-8-23/h9-11,14,24H,2-8H2,1H3,(H,21,22). The summed E-state index contributed by atoms with van der Waals surface area (Å²) >= 11 is 0. The molecule has 1 saturated heterocycles. The zero-order valence-electron chi connectivity index (χ0n) is 13.9. The van der Waals surface area contributed by atoms with E-state index >= 15 is 0 Å². The first-order valence-corrected chi connectivity index (χ1v) is 8.43. The number of anilines is 1. The number of hydrogen-bond donors (Lipinski definition) is 2. The number of likely N-dealkylation sites (tertiary alicyclic amines) is 1. The number of aliphatic hydroxyl groups excluding tert-OH is 1. The number of aryl methyl sites for hydroxylation is 1. The topological polar surface area (TPSA) is 48.4 Å². The summed E-state index contributed by atoms with van der Waals surface area (Å²) in [6, 6.07) is 4.00. The second-order valence-corrected chi connectivity index (χ2v) is 6.45. The van der Waals surface area contributed by atoms with Gasteiger partial charge in [0.15, 0.2) is 5.82 Å². The second kappa shape index (κ2) is 7.40. The largest absolute Gasteiger partial charge is 0.393 e. The fourth-order valence-corrected chi connectivity index (χ4v) is 3.20. The summed E-state index contributed by atoms with van der Waals surface area (Å²) in [5.41, 5.74) is 1.61. The van der Waals surface area contributed by atoms with Crippen LogP contribution in [0.5, 0.6) is 0 Å². The maximum Gasteiger partial charge on any atom is 0.152 e. The van der Waals surface area contributed by atoms with Gasteiger partial charge in [0, 0.05) is 42.5 Å². The lowest BCUT2D eigenvalue weighted by atomic mass is 10.1. The van der Waals surface area contributed by atoms with Crippen LogP contribution in [0.25, 0.3) is 10.9 Å². The lowest BCUT2D eigenvalue weighted by molar-refractivity contribution is 0.0825. The smallest absolute Gasteiger partial charge is 0.152 e. The zero-order chi connectivity index (χ0) is 17.1. The molecule has 1 aliphatic rings. The first kappa shape index (κ1) is 17.0. The Hall–Kier alpha value is -1.79. The van der Waals surface area contributed by atoms with Crippen molar-refractivity contribution >= 4 is 16.6 Å². The molecule has 1 fully saturated rings. The molecule has 24 heavy (non-hydrogen) atoms. The van der Waals surface area contributed by atoms with Crippen molar-refractivity contribution in [3.8, 4) is 0 Å². The quantitative estimate of drug-likeness (QED) is 0.825. The Labute approximate surface area is 140 Å². The van der Waals surface area contributed by atoms with Gasteiger partial charge in [0.25, 0.3) is 0 Å². The third kappa shape index (κ3) is 3.99. The van der Waals surface area contributed by atoms with Crippen molar-refractivity contribution in [2.45, 2.75) is 32.3 Å². The highest BCUT2D eigenvalue weighted by Crippen LogP contribution is 2.26. The van der Waals surface area contributed by atoms with E-state index in [-0.39, 0.29) is 11.6 Å². The third-order valence-corrected chi connectivity index (χ3v) is 4.48. The number of fused-ring (bicyclic) bond motifs is 1. The zero-order valence-corrected chi connectivity index (χ0v) is 13.9. The summed E-state index contributed by atoms with van der Waals surface area (Å²) < 4.78 is 27.4. The SMILES string of the molecule is Cc1cc(NCCCN2CCC(O)CC2)c2cc(F)cc(F)c2n1. The molecule has 0 amide bonds. The molecule has 4 nitrogen and oxygen atoms in total. The van der Waals surface area contributed by atoms with Crippen LogP contribution in [0.2, 0.25) is 0 Å². The van der Waals surface area contributed by atoms with Crippen LogP contribution in [0.4, 0.5) is 14.5 Å². The fourth-order valence-electron chi connectivity index (χ4n) is 3.20. The minimum Gasteiger partial charge on any atom is -0.393 e. The summed E-state index contributed by atoms with van der Waals surface area (Å²) in [7, 11) is 0. The predicted molar refractivity (Wildman–Crippen MR) is 91.2 cm³/mol. The predicted octanol–water partition coefficient (Wildman–Crippen LogP) is 3.08. The van der Waals surface area contributed by atoms with Gasteiger partial charge in [-0.3, -0.25) is 0 Å². The van der Waals surface area contributed by atoms with E-state index in [1.165, 1.54) is 6.07 Å². The fraction of sp³-hybridized carbons (Fsp3) is 0.500. The molecule has 2 heterocycles. The van der Waals surface area contributed by atoms with Crippen molar-refractivity contribution in [3.05, 3.63) is 35.5 Å². The molecule has 1 aromatic carbocycles. The van der Waals surface area contributed by atoms with Gasteiger partial charge in [0.05, 0.1) is 6.10 Å². The number of aliphatic hydroxyl groups is 1. The van der Waals surface area contributed by atoms with Gasteiger partial charge in [-0.2, -0.15) is 0 Å². The van der Waals surface area contributed by atoms with Crippen molar-refractivity contribution in [2.75, 3.05) is 31.5 Å². The summed E-state index contributed by atoms with van der Waals surface area (Å²) in [4.78, 5) is 6.51. The van der Waals surface area contributed by atoms with Crippen LogP contribution in [0, 0.1) is 18.6 Å². The Bertz CT molecular complexity index is 715. The number of aromatic nitrogens is 1. The Morgan fingerprint density at radius 2 is 2.00 bits per heavy atom. The maximum atomic E-state index is 13.9. The number of nitrogens with one attached hydrogen (secondary N) is 1. The van der Waals surface area contributed by atoms with Crippen LogP contribution in [0.1, 0.15) is 25.0 Å². The molecule has 0 radical (unpaired) electrons. The van der Waals surface area contributed by atoms with Crippen molar-refractivity contribution in [1.29, 1.82) is 0 Å². The lowest BCUT2D eigenvalue weighted by Crippen LogP contribution is -2.36. The van der Waals surface area contributed by atoms with E-state index in [0.717, 1.165) is 51.5 Å². The first-order chi connectivity index (χ1) is 11.5. The molecule has 0 unspecified atom stereocenters. The average molecular weight is 335 g/mol. The van der Waals surface area contributed by atoms with Gasteiger partial charge in [0.2, 0.25) is 0 Å². The first-order valence-electron chi connectivity index (χ1n) is 8.43. The molecule has 3 rings (SSSR count). The van der Waals surface area contributed by atoms with Crippen molar-refractivity contribution < 1.29 is 13.9 Å². The average Bonchev–Trinajstić information content (AvgIpc) is 2.54. The number of benzene rings is 1. The highest BCUT2D eigenvalue weighted by Gasteiger charge is 2.16.